The number of nitrogens with zero attached hydrogens (tertiary/aromatic N) is 2. The third-order valence-corrected chi connectivity index (χ3v) is 1.83. The molecule has 0 atom stereocenters. The maximum absolute atomic E-state index is 11.1. The Bertz CT molecular complexity index is 338. The number of aromatic nitrogens is 1. The summed E-state index contributed by atoms with van der Waals surface area (Å²) in [5.74, 6) is 0. The Morgan fingerprint density at radius 3 is 2.43 bits per heavy atom. The first-order valence-corrected chi connectivity index (χ1v) is 4.28. The van der Waals surface area contributed by atoms with E-state index in [0.717, 1.165) is 0 Å². The van der Waals surface area contributed by atoms with Crippen LogP contribution in [-0.4, -0.2) is 21.9 Å². The molecule has 0 saturated heterocycles. The highest BCUT2D eigenvalue weighted by molar-refractivity contribution is 5.87. The number of carbonyl (C=O) groups is 1. The third-order valence-electron chi connectivity index (χ3n) is 1.83. The highest BCUT2D eigenvalue weighted by Gasteiger charge is 2.30. The molecule has 0 spiro atoms. The molecular weight excluding hydrogens is 184 g/mol. The fraction of sp³-hybridized carbons (Fsp3) is 0.556. The van der Waals surface area contributed by atoms with Crippen LogP contribution in [0.4, 0.5) is 10.5 Å². The van der Waals surface area contributed by atoms with Crippen molar-refractivity contribution in [1.82, 2.24) is 5.16 Å². The molecular formula is C9H14N2O3. The van der Waals surface area contributed by atoms with Gasteiger partial charge >= 0.3 is 6.09 Å². The van der Waals surface area contributed by atoms with Crippen molar-refractivity contribution in [3.05, 3.63) is 12.0 Å². The van der Waals surface area contributed by atoms with Gasteiger partial charge in [0.05, 0.1) is 0 Å². The molecule has 78 valence electrons. The number of aryl methyl sites for hydroxylation is 1. The Labute approximate surface area is 82.3 Å². The molecule has 0 aromatic carbocycles. The maximum atomic E-state index is 11.1. The molecule has 1 heterocycles. The molecule has 0 saturated carbocycles. The number of amides is 1. The first-order chi connectivity index (χ1) is 6.34. The Balaban J connectivity index is 3.14. The van der Waals surface area contributed by atoms with Gasteiger partial charge in [0.25, 0.3) is 0 Å². The van der Waals surface area contributed by atoms with Crippen LogP contribution in [0.25, 0.3) is 0 Å². The van der Waals surface area contributed by atoms with Crippen molar-refractivity contribution in [2.75, 3.05) is 4.90 Å². The van der Waals surface area contributed by atoms with Crippen molar-refractivity contribution in [3.63, 3.8) is 0 Å². The van der Waals surface area contributed by atoms with E-state index in [1.165, 1.54) is 11.2 Å². The molecule has 0 radical (unpaired) electrons. The summed E-state index contributed by atoms with van der Waals surface area (Å²) in [5.41, 5.74) is 0.551. The second kappa shape index (κ2) is 3.32. The van der Waals surface area contributed by atoms with Crippen LogP contribution in [0.2, 0.25) is 0 Å². The summed E-state index contributed by atoms with van der Waals surface area (Å²) in [6.45, 7) is 7.15. The molecule has 5 nitrogen and oxygen atoms in total. The van der Waals surface area contributed by atoms with Crippen molar-refractivity contribution in [2.45, 2.75) is 33.2 Å². The Kier molecular flexibility index (Phi) is 2.51. The number of rotatable bonds is 1. The van der Waals surface area contributed by atoms with Gasteiger partial charge in [0.15, 0.2) is 0 Å². The predicted octanol–water partition coefficient (Wildman–Crippen LogP) is 2.27. The van der Waals surface area contributed by atoms with Crippen LogP contribution in [0.1, 0.15) is 26.5 Å². The van der Waals surface area contributed by atoms with E-state index in [-0.39, 0.29) is 0 Å². The van der Waals surface area contributed by atoms with E-state index in [9.17, 15) is 4.79 Å². The molecule has 0 bridgehead atoms. The summed E-state index contributed by atoms with van der Waals surface area (Å²) in [7, 11) is 0. The van der Waals surface area contributed by atoms with Gasteiger partial charge in [-0.1, -0.05) is 5.16 Å². The number of anilines is 1. The summed E-state index contributed by atoms with van der Waals surface area (Å²) in [4.78, 5) is 12.3. The van der Waals surface area contributed by atoms with E-state index >= 15 is 0 Å². The molecule has 0 aliphatic rings. The predicted molar refractivity (Wildman–Crippen MR) is 51.5 cm³/mol. The first kappa shape index (κ1) is 10.6. The SMILES string of the molecule is Cc1nocc1N(C(=O)O)C(C)(C)C. The average molecular weight is 198 g/mol. The maximum Gasteiger partial charge on any atom is 0.412 e. The molecule has 5 heteroatoms. The van der Waals surface area contributed by atoms with Crippen LogP contribution in [0, 0.1) is 6.92 Å². The zero-order valence-corrected chi connectivity index (χ0v) is 8.74. The monoisotopic (exact) mass is 198 g/mol. The molecule has 0 fully saturated rings. The van der Waals surface area contributed by atoms with Crippen LogP contribution in [-0.2, 0) is 0 Å². The largest absolute Gasteiger partial charge is 0.465 e. The Morgan fingerprint density at radius 2 is 2.14 bits per heavy atom. The zero-order valence-electron chi connectivity index (χ0n) is 8.74. The molecule has 0 aliphatic heterocycles. The number of carboxylic acid groups (broad SMARTS) is 1. The summed E-state index contributed by atoms with van der Waals surface area (Å²) in [6.07, 6.45) is 0.332. The highest BCUT2D eigenvalue weighted by atomic mass is 16.5. The smallest absolute Gasteiger partial charge is 0.412 e. The van der Waals surface area contributed by atoms with E-state index in [0.29, 0.717) is 11.4 Å². The van der Waals surface area contributed by atoms with E-state index in [2.05, 4.69) is 5.16 Å². The van der Waals surface area contributed by atoms with Crippen molar-refractivity contribution in [2.24, 2.45) is 0 Å². The lowest BCUT2D eigenvalue weighted by atomic mass is 10.1. The Morgan fingerprint density at radius 1 is 1.57 bits per heavy atom. The summed E-state index contributed by atoms with van der Waals surface area (Å²) in [6, 6.07) is 0. The molecule has 1 rings (SSSR count). The summed E-state index contributed by atoms with van der Waals surface area (Å²) in [5, 5.41) is 12.7. The fourth-order valence-electron chi connectivity index (χ4n) is 1.25. The molecule has 1 aromatic rings. The van der Waals surface area contributed by atoms with Gasteiger partial charge in [0.2, 0.25) is 0 Å². The molecule has 14 heavy (non-hydrogen) atoms. The standard InChI is InChI=1S/C9H14N2O3/c1-6-7(5-14-10-6)11(8(12)13)9(2,3)4/h5H,1-4H3,(H,12,13). The highest BCUT2D eigenvalue weighted by Crippen LogP contribution is 2.26. The lowest BCUT2D eigenvalue weighted by molar-refractivity contribution is 0.195. The van der Waals surface area contributed by atoms with Gasteiger partial charge in [0, 0.05) is 5.54 Å². The third kappa shape index (κ3) is 1.86. The van der Waals surface area contributed by atoms with Crippen molar-refractivity contribution in [3.8, 4) is 0 Å². The van der Waals surface area contributed by atoms with Gasteiger partial charge in [0.1, 0.15) is 17.6 Å². The topological polar surface area (TPSA) is 66.6 Å². The van der Waals surface area contributed by atoms with Crippen LogP contribution < -0.4 is 4.90 Å². The summed E-state index contributed by atoms with van der Waals surface area (Å²) >= 11 is 0. The fourth-order valence-corrected chi connectivity index (χ4v) is 1.25. The van der Waals surface area contributed by atoms with Crippen LogP contribution in [0.15, 0.2) is 10.8 Å². The quantitative estimate of drug-likeness (QED) is 0.751. The minimum atomic E-state index is -1.01. The van der Waals surface area contributed by atoms with Crippen molar-refractivity contribution >= 4 is 11.8 Å². The minimum absolute atomic E-state index is 0.491. The van der Waals surface area contributed by atoms with E-state index in [1.54, 1.807) is 6.92 Å². The van der Waals surface area contributed by atoms with E-state index in [4.69, 9.17) is 9.63 Å². The normalized spacial score (nSPS) is 11.4. The van der Waals surface area contributed by atoms with Crippen molar-refractivity contribution < 1.29 is 14.4 Å². The molecule has 0 unspecified atom stereocenters. The minimum Gasteiger partial charge on any atom is -0.465 e. The number of hydrogen-bond donors (Lipinski definition) is 1. The molecule has 1 aromatic heterocycles. The molecule has 1 N–H and O–H groups in total. The van der Waals surface area contributed by atoms with Gasteiger partial charge in [-0.2, -0.15) is 0 Å². The van der Waals surface area contributed by atoms with Crippen molar-refractivity contribution in [1.29, 1.82) is 0 Å². The van der Waals surface area contributed by atoms with Gasteiger partial charge in [-0.25, -0.2) is 4.79 Å². The van der Waals surface area contributed by atoms with Gasteiger partial charge in [-0.3, -0.25) is 4.90 Å². The summed E-state index contributed by atoms with van der Waals surface area (Å²) < 4.78 is 4.72. The lowest BCUT2D eigenvalue weighted by Gasteiger charge is -2.31. The van der Waals surface area contributed by atoms with Gasteiger partial charge in [-0.05, 0) is 27.7 Å². The zero-order chi connectivity index (χ0) is 10.9. The van der Waals surface area contributed by atoms with E-state index < -0.39 is 11.6 Å². The van der Waals surface area contributed by atoms with Crippen LogP contribution in [0.3, 0.4) is 0 Å². The van der Waals surface area contributed by atoms with Gasteiger partial charge < -0.3 is 9.63 Å². The second-order valence-corrected chi connectivity index (χ2v) is 4.07. The lowest BCUT2D eigenvalue weighted by Crippen LogP contribution is -2.45. The van der Waals surface area contributed by atoms with Gasteiger partial charge in [-0.15, -0.1) is 0 Å². The number of hydrogen-bond acceptors (Lipinski definition) is 3. The average Bonchev–Trinajstić information content (AvgIpc) is 2.32. The van der Waals surface area contributed by atoms with Crippen LogP contribution >= 0.6 is 0 Å². The van der Waals surface area contributed by atoms with E-state index in [1.807, 2.05) is 20.8 Å². The second-order valence-electron chi connectivity index (χ2n) is 4.07. The molecule has 1 amide bonds. The first-order valence-electron chi connectivity index (χ1n) is 4.28. The Hall–Kier alpha value is -1.52. The molecule has 0 aliphatic carbocycles. The van der Waals surface area contributed by atoms with Crippen LogP contribution in [0.5, 0.6) is 0 Å².